The van der Waals surface area contributed by atoms with Gasteiger partial charge in [0.15, 0.2) is 5.17 Å². The Morgan fingerprint density at radius 1 is 1.18 bits per heavy atom. The first-order chi connectivity index (χ1) is 15.9. The van der Waals surface area contributed by atoms with Crippen molar-refractivity contribution in [1.29, 1.82) is 0 Å². The molecule has 33 heavy (non-hydrogen) atoms. The predicted molar refractivity (Wildman–Crippen MR) is 129 cm³/mol. The number of esters is 1. The number of aromatic nitrogens is 1. The number of hydrogen-bond acceptors (Lipinski definition) is 6. The van der Waals surface area contributed by atoms with Crippen LogP contribution in [0.25, 0.3) is 17.0 Å². The van der Waals surface area contributed by atoms with E-state index in [9.17, 15) is 14.4 Å². The zero-order chi connectivity index (χ0) is 23.5. The summed E-state index contributed by atoms with van der Waals surface area (Å²) in [6, 6.07) is 14.4. The molecule has 1 aliphatic heterocycles. The molecule has 0 spiro atoms. The average Bonchev–Trinajstić information content (AvgIpc) is 3.26. The van der Waals surface area contributed by atoms with Crippen LogP contribution in [-0.2, 0) is 20.9 Å². The third kappa shape index (κ3) is 4.68. The lowest BCUT2D eigenvalue weighted by atomic mass is 10.1. The summed E-state index contributed by atoms with van der Waals surface area (Å²) in [6.45, 7) is 2.08. The number of nitrogens with two attached hydrogens (primary N) is 1. The molecule has 0 unspecified atom stereocenters. The van der Waals surface area contributed by atoms with Crippen LogP contribution >= 0.6 is 11.8 Å². The fourth-order valence-electron chi connectivity index (χ4n) is 3.51. The smallest absolute Gasteiger partial charge is 0.338 e. The molecule has 0 saturated carbocycles. The van der Waals surface area contributed by atoms with Crippen molar-refractivity contribution in [3.05, 3.63) is 70.8 Å². The van der Waals surface area contributed by atoms with Gasteiger partial charge in [-0.2, -0.15) is 0 Å². The standard InChI is InChI=1S/C24H22N4O4S/c1-3-32-23(31)15-7-6-8-17(11-15)26-24-27(2)22(30)20(33-24)12-16-13-28(14-21(25)29)19-10-5-4-9-18(16)19/h4-13H,3,14H2,1-2H3,(H2,25,29). The number of fused-ring (bicyclic) bond motifs is 1. The number of carbonyl (C=O) groups is 3. The van der Waals surface area contributed by atoms with Crippen molar-refractivity contribution in [1.82, 2.24) is 9.47 Å². The fraction of sp³-hybridized carbons (Fsp3) is 0.167. The number of carbonyl (C=O) groups excluding carboxylic acids is 3. The van der Waals surface area contributed by atoms with Gasteiger partial charge in [0.05, 0.1) is 22.8 Å². The molecule has 2 aromatic carbocycles. The minimum atomic E-state index is -0.444. The highest BCUT2D eigenvalue weighted by Gasteiger charge is 2.30. The van der Waals surface area contributed by atoms with Gasteiger partial charge < -0.3 is 15.0 Å². The molecule has 9 heteroatoms. The molecule has 0 radical (unpaired) electrons. The Hall–Kier alpha value is -3.85. The van der Waals surface area contributed by atoms with Crippen molar-refractivity contribution in [2.45, 2.75) is 13.5 Å². The van der Waals surface area contributed by atoms with E-state index in [-0.39, 0.29) is 19.1 Å². The number of nitrogens with zero attached hydrogens (tertiary/aromatic N) is 3. The Morgan fingerprint density at radius 3 is 2.73 bits per heavy atom. The summed E-state index contributed by atoms with van der Waals surface area (Å²) >= 11 is 1.24. The lowest BCUT2D eigenvalue weighted by molar-refractivity contribution is -0.121. The van der Waals surface area contributed by atoms with Crippen LogP contribution in [0.3, 0.4) is 0 Å². The number of benzene rings is 2. The van der Waals surface area contributed by atoms with Crippen molar-refractivity contribution in [2.75, 3.05) is 13.7 Å². The zero-order valence-electron chi connectivity index (χ0n) is 18.1. The lowest BCUT2D eigenvalue weighted by Gasteiger charge is -2.07. The van der Waals surface area contributed by atoms with Gasteiger partial charge in [-0.1, -0.05) is 24.3 Å². The molecule has 1 aliphatic rings. The van der Waals surface area contributed by atoms with E-state index in [4.69, 9.17) is 10.5 Å². The van der Waals surface area contributed by atoms with Crippen molar-refractivity contribution in [3.8, 4) is 0 Å². The first-order valence-corrected chi connectivity index (χ1v) is 11.1. The summed E-state index contributed by atoms with van der Waals surface area (Å²) in [7, 11) is 1.65. The van der Waals surface area contributed by atoms with Crippen LogP contribution in [0.15, 0.2) is 64.6 Å². The molecule has 0 aliphatic carbocycles. The summed E-state index contributed by atoms with van der Waals surface area (Å²) in [5, 5.41) is 1.41. The molecule has 1 aromatic heterocycles. The third-order valence-electron chi connectivity index (χ3n) is 5.02. The van der Waals surface area contributed by atoms with Gasteiger partial charge in [0, 0.05) is 29.7 Å². The van der Waals surface area contributed by atoms with Crippen molar-refractivity contribution >= 4 is 57.4 Å². The van der Waals surface area contributed by atoms with Crippen LogP contribution in [0.1, 0.15) is 22.8 Å². The largest absolute Gasteiger partial charge is 0.462 e. The number of aliphatic imine (C=N–C) groups is 1. The summed E-state index contributed by atoms with van der Waals surface area (Å²) in [4.78, 5) is 42.9. The topological polar surface area (TPSA) is 107 Å². The molecule has 1 saturated heterocycles. The number of ether oxygens (including phenoxy) is 1. The van der Waals surface area contributed by atoms with Gasteiger partial charge >= 0.3 is 5.97 Å². The number of rotatable bonds is 6. The Kier molecular flexibility index (Phi) is 6.32. The predicted octanol–water partition coefficient (Wildman–Crippen LogP) is 3.54. The van der Waals surface area contributed by atoms with E-state index in [1.165, 1.54) is 16.7 Å². The second kappa shape index (κ2) is 9.33. The van der Waals surface area contributed by atoms with E-state index in [2.05, 4.69) is 4.99 Å². The quantitative estimate of drug-likeness (QED) is 0.445. The lowest BCUT2D eigenvalue weighted by Crippen LogP contribution is -2.23. The van der Waals surface area contributed by atoms with Crippen molar-refractivity contribution < 1.29 is 19.1 Å². The maximum atomic E-state index is 12.9. The van der Waals surface area contributed by atoms with Gasteiger partial charge in [-0.25, -0.2) is 9.79 Å². The van der Waals surface area contributed by atoms with Crippen molar-refractivity contribution in [2.24, 2.45) is 10.7 Å². The Bertz CT molecular complexity index is 1330. The summed E-state index contributed by atoms with van der Waals surface area (Å²) in [6.07, 6.45) is 3.61. The number of amidine groups is 1. The summed E-state index contributed by atoms with van der Waals surface area (Å²) < 4.78 is 6.81. The Balaban J connectivity index is 1.66. The number of thioether (sulfide) groups is 1. The number of primary amides is 1. The highest BCUT2D eigenvalue weighted by molar-refractivity contribution is 8.18. The van der Waals surface area contributed by atoms with E-state index >= 15 is 0 Å². The Morgan fingerprint density at radius 2 is 1.97 bits per heavy atom. The SMILES string of the molecule is CCOC(=O)c1cccc(N=C2SC(=Cc3cn(CC(N)=O)c4ccccc34)C(=O)N2C)c1. The molecular weight excluding hydrogens is 440 g/mol. The molecule has 168 valence electrons. The zero-order valence-corrected chi connectivity index (χ0v) is 19.0. The normalized spacial score (nSPS) is 16.2. The molecule has 0 bridgehead atoms. The second-order valence-electron chi connectivity index (χ2n) is 7.34. The monoisotopic (exact) mass is 462 g/mol. The third-order valence-corrected chi connectivity index (χ3v) is 6.08. The van der Waals surface area contributed by atoms with Crippen LogP contribution < -0.4 is 5.73 Å². The summed E-state index contributed by atoms with van der Waals surface area (Å²) in [5.41, 5.74) is 7.99. The fourth-order valence-corrected chi connectivity index (χ4v) is 4.49. The molecular formula is C24H22N4O4S. The van der Waals surface area contributed by atoms with Crippen LogP contribution in [0.2, 0.25) is 0 Å². The van der Waals surface area contributed by atoms with E-state index in [1.807, 2.05) is 30.5 Å². The van der Waals surface area contributed by atoms with E-state index in [1.54, 1.807) is 48.9 Å². The molecule has 1 fully saturated rings. The number of para-hydroxylation sites is 1. The van der Waals surface area contributed by atoms with Gasteiger partial charge in [0.2, 0.25) is 5.91 Å². The molecule has 2 heterocycles. The van der Waals surface area contributed by atoms with Gasteiger partial charge in [0.1, 0.15) is 6.54 Å². The molecule has 3 aromatic rings. The molecule has 2 amide bonds. The highest BCUT2D eigenvalue weighted by atomic mass is 32.2. The van der Waals surface area contributed by atoms with Gasteiger partial charge in [-0.15, -0.1) is 0 Å². The van der Waals surface area contributed by atoms with E-state index < -0.39 is 11.9 Å². The van der Waals surface area contributed by atoms with E-state index in [0.29, 0.717) is 21.3 Å². The van der Waals surface area contributed by atoms with Gasteiger partial charge in [-0.3, -0.25) is 14.5 Å². The van der Waals surface area contributed by atoms with Crippen molar-refractivity contribution in [3.63, 3.8) is 0 Å². The molecule has 2 N–H and O–H groups in total. The van der Waals surface area contributed by atoms with Gasteiger partial charge in [-0.05, 0) is 49.0 Å². The van der Waals surface area contributed by atoms with Crippen LogP contribution in [0.4, 0.5) is 5.69 Å². The minimum Gasteiger partial charge on any atom is -0.462 e. The Labute approximate surface area is 194 Å². The van der Waals surface area contributed by atoms with Crippen LogP contribution in [-0.4, -0.2) is 46.1 Å². The maximum absolute atomic E-state index is 12.9. The van der Waals surface area contributed by atoms with Gasteiger partial charge in [0.25, 0.3) is 5.91 Å². The van der Waals surface area contributed by atoms with Crippen LogP contribution in [0, 0.1) is 0 Å². The minimum absolute atomic E-state index is 0.0498. The number of likely N-dealkylation sites (N-methyl/N-ethyl adjacent to an activating group) is 1. The first kappa shape index (κ1) is 22.3. The highest BCUT2D eigenvalue weighted by Crippen LogP contribution is 2.35. The molecule has 0 atom stereocenters. The maximum Gasteiger partial charge on any atom is 0.338 e. The van der Waals surface area contributed by atoms with E-state index in [0.717, 1.165) is 16.5 Å². The second-order valence-corrected chi connectivity index (χ2v) is 8.34. The number of amides is 2. The first-order valence-electron chi connectivity index (χ1n) is 10.3. The number of hydrogen-bond donors (Lipinski definition) is 1. The molecule has 8 nitrogen and oxygen atoms in total. The molecule has 4 rings (SSSR count). The summed E-state index contributed by atoms with van der Waals surface area (Å²) in [5.74, 6) is -1.05. The van der Waals surface area contributed by atoms with Crippen LogP contribution in [0.5, 0.6) is 0 Å². The average molecular weight is 463 g/mol.